The average molecular weight is 257 g/mol. The molecule has 0 unspecified atom stereocenters. The van der Waals surface area contributed by atoms with Crippen molar-refractivity contribution < 1.29 is 4.74 Å². The summed E-state index contributed by atoms with van der Waals surface area (Å²) in [7, 11) is 1.74. The van der Waals surface area contributed by atoms with Crippen LogP contribution in [-0.2, 0) is 4.74 Å². The van der Waals surface area contributed by atoms with E-state index in [9.17, 15) is 0 Å². The van der Waals surface area contributed by atoms with Crippen molar-refractivity contribution in [3.8, 4) is 0 Å². The lowest BCUT2D eigenvalue weighted by atomic mass is 9.98. The molecular weight excluding hydrogens is 240 g/mol. The van der Waals surface area contributed by atoms with Gasteiger partial charge in [-0.15, -0.1) is 0 Å². The number of piperidine rings is 1. The van der Waals surface area contributed by atoms with Gasteiger partial charge in [-0.3, -0.25) is 0 Å². The Hall–Kier alpha value is -1.07. The molecule has 0 aliphatic carbocycles. The monoisotopic (exact) mass is 256 g/mol. The molecule has 0 amide bonds. The predicted molar refractivity (Wildman–Crippen MR) is 68.3 cm³/mol. The molecular formula is C11H17ClN4O. The van der Waals surface area contributed by atoms with Gasteiger partial charge in [0, 0.05) is 26.8 Å². The fraction of sp³-hybridized carbons (Fsp3) is 0.636. The van der Waals surface area contributed by atoms with Crippen molar-refractivity contribution in [3.63, 3.8) is 0 Å². The van der Waals surface area contributed by atoms with Crippen molar-refractivity contribution in [2.24, 2.45) is 5.92 Å². The van der Waals surface area contributed by atoms with Crippen LogP contribution in [0.25, 0.3) is 0 Å². The van der Waals surface area contributed by atoms with Crippen LogP contribution in [0.5, 0.6) is 0 Å². The Kier molecular flexibility index (Phi) is 4.02. The molecule has 17 heavy (non-hydrogen) atoms. The van der Waals surface area contributed by atoms with Crippen molar-refractivity contribution in [1.29, 1.82) is 0 Å². The first-order valence-corrected chi connectivity index (χ1v) is 6.10. The van der Waals surface area contributed by atoms with Gasteiger partial charge in [0.2, 0.25) is 5.95 Å². The van der Waals surface area contributed by atoms with Gasteiger partial charge in [0.1, 0.15) is 5.02 Å². The summed E-state index contributed by atoms with van der Waals surface area (Å²) in [5.41, 5.74) is 5.58. The third-order valence-electron chi connectivity index (χ3n) is 3.06. The van der Waals surface area contributed by atoms with Gasteiger partial charge < -0.3 is 15.4 Å². The molecule has 5 nitrogen and oxygen atoms in total. The summed E-state index contributed by atoms with van der Waals surface area (Å²) < 4.78 is 5.17. The highest BCUT2D eigenvalue weighted by Gasteiger charge is 2.21. The summed E-state index contributed by atoms with van der Waals surface area (Å²) in [6.07, 6.45) is 3.74. The van der Waals surface area contributed by atoms with Gasteiger partial charge in [0.15, 0.2) is 5.82 Å². The van der Waals surface area contributed by atoms with E-state index in [2.05, 4.69) is 14.9 Å². The number of ether oxygens (including phenoxy) is 1. The summed E-state index contributed by atoms with van der Waals surface area (Å²) in [5, 5.41) is 0.560. The van der Waals surface area contributed by atoms with Gasteiger partial charge in [0.05, 0.1) is 6.20 Å². The lowest BCUT2D eigenvalue weighted by molar-refractivity contribution is 0.139. The minimum Gasteiger partial charge on any atom is -0.384 e. The van der Waals surface area contributed by atoms with Gasteiger partial charge in [-0.25, -0.2) is 4.98 Å². The normalized spacial score (nSPS) is 17.4. The van der Waals surface area contributed by atoms with Crippen LogP contribution in [0.4, 0.5) is 11.8 Å². The Labute approximate surface area is 106 Å². The molecule has 2 N–H and O–H groups in total. The van der Waals surface area contributed by atoms with Crippen LogP contribution in [0, 0.1) is 5.92 Å². The molecule has 1 aliphatic heterocycles. The van der Waals surface area contributed by atoms with Crippen LogP contribution in [0.15, 0.2) is 6.20 Å². The van der Waals surface area contributed by atoms with E-state index < -0.39 is 0 Å². The average Bonchev–Trinajstić information content (AvgIpc) is 2.34. The molecule has 2 heterocycles. The SMILES string of the molecule is COCC1CCN(c2nc(N)ncc2Cl)CC1. The van der Waals surface area contributed by atoms with E-state index >= 15 is 0 Å². The topological polar surface area (TPSA) is 64.3 Å². The second kappa shape index (κ2) is 5.51. The standard InChI is InChI=1S/C11H17ClN4O/c1-17-7-8-2-4-16(5-3-8)10-9(12)6-14-11(13)15-10/h6,8H,2-5,7H2,1H3,(H2,13,14,15). The fourth-order valence-electron chi connectivity index (χ4n) is 2.14. The molecule has 1 fully saturated rings. The maximum atomic E-state index is 6.08. The summed E-state index contributed by atoms with van der Waals surface area (Å²) in [6, 6.07) is 0. The molecule has 1 aromatic heterocycles. The second-order valence-electron chi connectivity index (χ2n) is 4.29. The van der Waals surface area contributed by atoms with E-state index in [-0.39, 0.29) is 5.95 Å². The number of nitrogen functional groups attached to an aromatic ring is 1. The number of methoxy groups -OCH3 is 1. The van der Waals surface area contributed by atoms with Gasteiger partial charge in [-0.05, 0) is 18.8 Å². The summed E-state index contributed by atoms with van der Waals surface area (Å²) in [6.45, 7) is 2.70. The molecule has 1 saturated heterocycles. The molecule has 94 valence electrons. The number of anilines is 2. The van der Waals surface area contributed by atoms with E-state index in [4.69, 9.17) is 22.1 Å². The van der Waals surface area contributed by atoms with E-state index in [0.29, 0.717) is 10.9 Å². The van der Waals surface area contributed by atoms with Crippen LogP contribution in [0.2, 0.25) is 5.02 Å². The highest BCUT2D eigenvalue weighted by atomic mass is 35.5. The predicted octanol–water partition coefficient (Wildman–Crippen LogP) is 1.57. The molecule has 1 aromatic rings. The molecule has 0 atom stereocenters. The summed E-state index contributed by atoms with van der Waals surface area (Å²) >= 11 is 6.08. The van der Waals surface area contributed by atoms with Gasteiger partial charge in [-0.1, -0.05) is 11.6 Å². The molecule has 0 radical (unpaired) electrons. The van der Waals surface area contributed by atoms with Gasteiger partial charge in [-0.2, -0.15) is 4.98 Å². The summed E-state index contributed by atoms with van der Waals surface area (Å²) in [4.78, 5) is 10.2. The van der Waals surface area contributed by atoms with Crippen molar-refractivity contribution in [3.05, 3.63) is 11.2 Å². The molecule has 0 spiro atoms. The number of hydrogen-bond donors (Lipinski definition) is 1. The van der Waals surface area contributed by atoms with Crippen LogP contribution in [0.1, 0.15) is 12.8 Å². The van der Waals surface area contributed by atoms with Crippen molar-refractivity contribution in [2.45, 2.75) is 12.8 Å². The third-order valence-corrected chi connectivity index (χ3v) is 3.33. The molecule has 2 rings (SSSR count). The zero-order valence-electron chi connectivity index (χ0n) is 9.90. The Balaban J connectivity index is 2.02. The minimum atomic E-state index is 0.267. The second-order valence-corrected chi connectivity index (χ2v) is 4.69. The van der Waals surface area contributed by atoms with E-state index in [1.54, 1.807) is 13.3 Å². The Bertz CT molecular complexity index is 380. The number of nitrogens with zero attached hydrogens (tertiary/aromatic N) is 3. The van der Waals surface area contributed by atoms with E-state index in [1.807, 2.05) is 0 Å². The third kappa shape index (κ3) is 2.98. The number of hydrogen-bond acceptors (Lipinski definition) is 5. The highest BCUT2D eigenvalue weighted by molar-refractivity contribution is 6.32. The Morgan fingerprint density at radius 2 is 2.24 bits per heavy atom. The van der Waals surface area contributed by atoms with Gasteiger partial charge >= 0.3 is 0 Å². The first kappa shape index (κ1) is 12.4. The maximum absolute atomic E-state index is 6.08. The molecule has 6 heteroatoms. The first-order chi connectivity index (χ1) is 8.20. The van der Waals surface area contributed by atoms with Crippen LogP contribution in [-0.4, -0.2) is 36.8 Å². The van der Waals surface area contributed by atoms with Crippen LogP contribution in [0.3, 0.4) is 0 Å². The lowest BCUT2D eigenvalue weighted by Crippen LogP contribution is -2.35. The number of aromatic nitrogens is 2. The largest absolute Gasteiger partial charge is 0.384 e. The minimum absolute atomic E-state index is 0.267. The Morgan fingerprint density at radius 3 is 2.88 bits per heavy atom. The van der Waals surface area contributed by atoms with Crippen LogP contribution >= 0.6 is 11.6 Å². The fourth-order valence-corrected chi connectivity index (χ4v) is 2.35. The highest BCUT2D eigenvalue weighted by Crippen LogP contribution is 2.27. The molecule has 1 aliphatic rings. The lowest BCUT2D eigenvalue weighted by Gasteiger charge is -2.32. The number of nitrogens with two attached hydrogens (primary N) is 1. The smallest absolute Gasteiger partial charge is 0.222 e. The quantitative estimate of drug-likeness (QED) is 0.890. The molecule has 0 aromatic carbocycles. The first-order valence-electron chi connectivity index (χ1n) is 5.72. The Morgan fingerprint density at radius 1 is 1.53 bits per heavy atom. The van der Waals surface area contributed by atoms with E-state index in [0.717, 1.165) is 38.4 Å². The number of halogens is 1. The van der Waals surface area contributed by atoms with Crippen molar-refractivity contribution >= 4 is 23.4 Å². The zero-order chi connectivity index (χ0) is 12.3. The van der Waals surface area contributed by atoms with Crippen LogP contribution < -0.4 is 10.6 Å². The maximum Gasteiger partial charge on any atom is 0.222 e. The molecule has 0 saturated carbocycles. The molecule has 0 bridgehead atoms. The van der Waals surface area contributed by atoms with Crippen molar-refractivity contribution in [2.75, 3.05) is 37.4 Å². The zero-order valence-corrected chi connectivity index (χ0v) is 10.7. The number of rotatable bonds is 3. The van der Waals surface area contributed by atoms with Gasteiger partial charge in [0.25, 0.3) is 0 Å². The van der Waals surface area contributed by atoms with E-state index in [1.165, 1.54) is 0 Å². The van der Waals surface area contributed by atoms with Crippen molar-refractivity contribution in [1.82, 2.24) is 9.97 Å². The summed E-state index contributed by atoms with van der Waals surface area (Å²) in [5.74, 6) is 1.65.